The number of piperidine rings is 2. The third-order valence-corrected chi connectivity index (χ3v) is 4.21. The predicted octanol–water partition coefficient (Wildman–Crippen LogP) is 1.08. The van der Waals surface area contributed by atoms with E-state index in [-0.39, 0.29) is 0 Å². The van der Waals surface area contributed by atoms with Crippen molar-refractivity contribution < 1.29 is 9.90 Å². The van der Waals surface area contributed by atoms with Crippen LogP contribution in [0.2, 0.25) is 0 Å². The zero-order valence-electron chi connectivity index (χ0n) is 10.3. The van der Waals surface area contributed by atoms with Gasteiger partial charge in [-0.25, -0.2) is 0 Å². The number of nitrogens with one attached hydrogen (secondary N) is 1. The smallest absolute Gasteiger partial charge is 0.325 e. The number of fused-ring (bicyclic) bond motifs is 3. The summed E-state index contributed by atoms with van der Waals surface area (Å²) in [6.45, 7) is 2.25. The number of piperazine rings is 1. The van der Waals surface area contributed by atoms with Gasteiger partial charge in [-0.05, 0) is 18.4 Å². The first-order valence-corrected chi connectivity index (χ1v) is 6.46. The van der Waals surface area contributed by atoms with E-state index in [1.807, 2.05) is 18.2 Å². The Kier molecular flexibility index (Phi) is 2.84. The fourth-order valence-electron chi connectivity index (χ4n) is 3.09. The maximum atomic E-state index is 11.4. The fourth-order valence-corrected chi connectivity index (χ4v) is 3.09. The highest BCUT2D eigenvalue weighted by Crippen LogP contribution is 2.31. The van der Waals surface area contributed by atoms with Crippen LogP contribution in [0, 0.1) is 0 Å². The van der Waals surface area contributed by atoms with Gasteiger partial charge in [-0.2, -0.15) is 0 Å². The van der Waals surface area contributed by atoms with Crippen molar-refractivity contribution in [3.8, 4) is 0 Å². The van der Waals surface area contributed by atoms with E-state index in [2.05, 4.69) is 22.3 Å². The van der Waals surface area contributed by atoms with Crippen LogP contribution in [0.5, 0.6) is 0 Å². The topological polar surface area (TPSA) is 52.6 Å². The molecule has 0 saturated carbocycles. The van der Waals surface area contributed by atoms with Gasteiger partial charge in [0.2, 0.25) is 0 Å². The van der Waals surface area contributed by atoms with E-state index >= 15 is 0 Å². The van der Waals surface area contributed by atoms with Crippen LogP contribution in [0.25, 0.3) is 0 Å². The first-order valence-electron chi connectivity index (χ1n) is 6.46. The lowest BCUT2D eigenvalue weighted by Crippen LogP contribution is -2.71. The van der Waals surface area contributed by atoms with Crippen molar-refractivity contribution >= 4 is 5.97 Å². The number of carbonyl (C=O) groups is 1. The normalized spacial score (nSPS) is 31.4. The van der Waals surface area contributed by atoms with Crippen LogP contribution >= 0.6 is 0 Å². The molecule has 3 fully saturated rings. The Labute approximate surface area is 107 Å². The Bertz CT molecular complexity index is 438. The first-order chi connectivity index (χ1) is 8.70. The summed E-state index contributed by atoms with van der Waals surface area (Å²) < 4.78 is 0. The fraction of sp³-hybridized carbons (Fsp3) is 0.500. The SMILES string of the molecule is O=C(O)C12CCC(CN1)N(Cc1ccccc1)C2. The van der Waals surface area contributed by atoms with E-state index < -0.39 is 11.5 Å². The summed E-state index contributed by atoms with van der Waals surface area (Å²) in [5.41, 5.74) is 0.536. The van der Waals surface area contributed by atoms with E-state index in [0.29, 0.717) is 12.6 Å². The second-order valence-corrected chi connectivity index (χ2v) is 5.35. The molecule has 2 atom stereocenters. The molecule has 3 saturated heterocycles. The van der Waals surface area contributed by atoms with Crippen molar-refractivity contribution in [1.29, 1.82) is 0 Å². The van der Waals surface area contributed by atoms with E-state index in [0.717, 1.165) is 25.9 Å². The summed E-state index contributed by atoms with van der Waals surface area (Å²) in [7, 11) is 0. The zero-order valence-corrected chi connectivity index (χ0v) is 10.3. The molecule has 2 unspecified atom stereocenters. The van der Waals surface area contributed by atoms with Crippen LogP contribution in [-0.2, 0) is 11.3 Å². The third-order valence-electron chi connectivity index (χ3n) is 4.21. The minimum Gasteiger partial charge on any atom is -0.480 e. The molecule has 0 aliphatic carbocycles. The van der Waals surface area contributed by atoms with Crippen LogP contribution in [0.4, 0.5) is 0 Å². The highest BCUT2D eigenvalue weighted by Gasteiger charge is 2.49. The summed E-state index contributed by atoms with van der Waals surface area (Å²) in [5.74, 6) is -0.710. The number of hydrogen-bond acceptors (Lipinski definition) is 3. The Hall–Kier alpha value is -1.39. The van der Waals surface area contributed by atoms with Crippen molar-refractivity contribution in [2.45, 2.75) is 31.0 Å². The number of aliphatic carboxylic acids is 1. The van der Waals surface area contributed by atoms with Crippen LogP contribution in [0.3, 0.4) is 0 Å². The number of nitrogens with zero attached hydrogens (tertiary/aromatic N) is 1. The molecule has 2 N–H and O–H groups in total. The number of carboxylic acids is 1. The molecule has 0 radical (unpaired) electrons. The Morgan fingerprint density at radius 1 is 1.44 bits per heavy atom. The van der Waals surface area contributed by atoms with Crippen LogP contribution in [0.1, 0.15) is 18.4 Å². The van der Waals surface area contributed by atoms with Gasteiger partial charge in [-0.3, -0.25) is 15.0 Å². The predicted molar refractivity (Wildman–Crippen MR) is 68.2 cm³/mol. The molecular formula is C14H18N2O2. The molecule has 18 heavy (non-hydrogen) atoms. The lowest BCUT2D eigenvalue weighted by Gasteiger charge is -2.51. The van der Waals surface area contributed by atoms with Gasteiger partial charge >= 0.3 is 5.97 Å². The van der Waals surface area contributed by atoms with Crippen molar-refractivity contribution in [3.63, 3.8) is 0 Å². The molecule has 3 heterocycles. The van der Waals surface area contributed by atoms with E-state index in [1.165, 1.54) is 5.56 Å². The van der Waals surface area contributed by atoms with E-state index in [1.54, 1.807) is 0 Å². The zero-order chi connectivity index (χ0) is 12.6. The van der Waals surface area contributed by atoms with Crippen LogP contribution in [-0.4, -0.2) is 40.6 Å². The number of rotatable bonds is 3. The molecular weight excluding hydrogens is 228 g/mol. The molecule has 3 aliphatic heterocycles. The molecule has 1 aromatic carbocycles. The highest BCUT2D eigenvalue weighted by atomic mass is 16.4. The Morgan fingerprint density at radius 3 is 2.83 bits per heavy atom. The molecule has 0 amide bonds. The van der Waals surface area contributed by atoms with Crippen LogP contribution < -0.4 is 5.32 Å². The summed E-state index contributed by atoms with van der Waals surface area (Å²) >= 11 is 0. The van der Waals surface area contributed by atoms with Gasteiger partial charge in [0.25, 0.3) is 0 Å². The standard InChI is InChI=1S/C14H18N2O2/c17-13(18)14-7-6-12(8-15-14)16(10-14)9-11-4-2-1-3-5-11/h1-5,12,15H,6-10H2,(H,17,18). The number of benzene rings is 1. The average molecular weight is 246 g/mol. The molecule has 4 rings (SSSR count). The van der Waals surface area contributed by atoms with Gasteiger partial charge in [-0.1, -0.05) is 30.3 Å². The lowest BCUT2D eigenvalue weighted by atomic mass is 9.81. The van der Waals surface area contributed by atoms with Gasteiger partial charge in [0.15, 0.2) is 0 Å². The number of hydrogen-bond donors (Lipinski definition) is 2. The maximum Gasteiger partial charge on any atom is 0.325 e. The van der Waals surface area contributed by atoms with Crippen molar-refractivity contribution in [2.24, 2.45) is 0 Å². The van der Waals surface area contributed by atoms with Crippen molar-refractivity contribution in [1.82, 2.24) is 10.2 Å². The second kappa shape index (κ2) is 4.37. The largest absolute Gasteiger partial charge is 0.480 e. The summed E-state index contributed by atoms with van der Waals surface area (Å²) in [6, 6.07) is 10.7. The van der Waals surface area contributed by atoms with Gasteiger partial charge < -0.3 is 5.11 Å². The minimum atomic E-state index is -0.719. The Balaban J connectivity index is 1.76. The highest BCUT2D eigenvalue weighted by molar-refractivity contribution is 5.79. The molecule has 0 spiro atoms. The summed E-state index contributed by atoms with van der Waals surface area (Å²) in [5, 5.41) is 12.6. The van der Waals surface area contributed by atoms with Gasteiger partial charge in [0, 0.05) is 25.7 Å². The first kappa shape index (κ1) is 11.7. The monoisotopic (exact) mass is 246 g/mol. The summed E-state index contributed by atoms with van der Waals surface area (Å²) in [6.07, 6.45) is 1.73. The molecule has 4 nitrogen and oxygen atoms in total. The van der Waals surface area contributed by atoms with Gasteiger partial charge in [-0.15, -0.1) is 0 Å². The third kappa shape index (κ3) is 1.91. The Morgan fingerprint density at radius 2 is 2.22 bits per heavy atom. The molecule has 2 bridgehead atoms. The minimum absolute atomic E-state index is 0.478. The number of carboxylic acid groups (broad SMARTS) is 1. The maximum absolute atomic E-state index is 11.4. The second-order valence-electron chi connectivity index (χ2n) is 5.35. The van der Waals surface area contributed by atoms with Crippen molar-refractivity contribution in [2.75, 3.05) is 13.1 Å². The summed E-state index contributed by atoms with van der Waals surface area (Å²) in [4.78, 5) is 13.7. The quantitative estimate of drug-likeness (QED) is 0.838. The lowest BCUT2D eigenvalue weighted by molar-refractivity contribution is -0.152. The molecule has 3 aliphatic rings. The van der Waals surface area contributed by atoms with E-state index in [9.17, 15) is 9.90 Å². The van der Waals surface area contributed by atoms with Gasteiger partial charge in [0.1, 0.15) is 5.54 Å². The molecule has 96 valence electrons. The van der Waals surface area contributed by atoms with E-state index in [4.69, 9.17) is 0 Å². The van der Waals surface area contributed by atoms with Crippen LogP contribution in [0.15, 0.2) is 30.3 Å². The van der Waals surface area contributed by atoms with Gasteiger partial charge in [0.05, 0.1) is 0 Å². The van der Waals surface area contributed by atoms with Crippen molar-refractivity contribution in [3.05, 3.63) is 35.9 Å². The average Bonchev–Trinajstić information content (AvgIpc) is 2.41. The molecule has 4 heteroatoms. The molecule has 0 aromatic heterocycles. The molecule has 1 aromatic rings.